The lowest BCUT2D eigenvalue weighted by Crippen LogP contribution is -2.26. The van der Waals surface area contributed by atoms with Crippen molar-refractivity contribution in [3.05, 3.63) is 46.2 Å². The SMILES string of the molecule is COc1cc2c(cc1OC)-c1cc3cc4c(cc3c(=O)n1CC2)OCO4. The zero-order valence-corrected chi connectivity index (χ0v) is 14.5. The quantitative estimate of drug-likeness (QED) is 0.710. The van der Waals surface area contributed by atoms with Gasteiger partial charge in [0.25, 0.3) is 5.56 Å². The third-order valence-electron chi connectivity index (χ3n) is 5.09. The van der Waals surface area contributed by atoms with Gasteiger partial charge in [-0.3, -0.25) is 4.79 Å². The van der Waals surface area contributed by atoms with Crippen molar-refractivity contribution in [2.45, 2.75) is 13.0 Å². The van der Waals surface area contributed by atoms with Crippen LogP contribution in [-0.2, 0) is 13.0 Å². The largest absolute Gasteiger partial charge is 0.493 e. The Balaban J connectivity index is 1.80. The minimum absolute atomic E-state index is 0.0174. The number of ether oxygens (including phenoxy) is 4. The molecule has 0 unspecified atom stereocenters. The normalized spacial score (nSPS) is 14.1. The lowest BCUT2D eigenvalue weighted by Gasteiger charge is -2.24. The average molecular weight is 351 g/mol. The van der Waals surface area contributed by atoms with E-state index in [0.29, 0.717) is 34.9 Å². The Bertz CT molecular complexity index is 1120. The summed E-state index contributed by atoms with van der Waals surface area (Å²) in [5.74, 6) is 2.65. The fourth-order valence-corrected chi connectivity index (χ4v) is 3.79. The van der Waals surface area contributed by atoms with Crippen molar-refractivity contribution in [3.8, 4) is 34.3 Å². The molecule has 2 aliphatic rings. The van der Waals surface area contributed by atoms with Crippen LogP contribution in [0.4, 0.5) is 0 Å². The first-order valence-electron chi connectivity index (χ1n) is 8.42. The molecule has 1 aromatic heterocycles. The fraction of sp³-hybridized carbons (Fsp3) is 0.250. The Morgan fingerprint density at radius 3 is 2.46 bits per heavy atom. The molecule has 3 heterocycles. The molecule has 3 aromatic rings. The molecule has 2 aromatic carbocycles. The molecule has 6 heteroatoms. The van der Waals surface area contributed by atoms with E-state index in [2.05, 4.69) is 0 Å². The second kappa shape index (κ2) is 5.42. The van der Waals surface area contributed by atoms with Gasteiger partial charge in [-0.2, -0.15) is 0 Å². The van der Waals surface area contributed by atoms with Gasteiger partial charge in [0, 0.05) is 12.1 Å². The summed E-state index contributed by atoms with van der Waals surface area (Å²) in [4.78, 5) is 13.1. The molecule has 6 nitrogen and oxygen atoms in total. The van der Waals surface area contributed by atoms with Crippen molar-refractivity contribution in [3.63, 3.8) is 0 Å². The van der Waals surface area contributed by atoms with Gasteiger partial charge >= 0.3 is 0 Å². The fourth-order valence-electron chi connectivity index (χ4n) is 3.79. The molecule has 132 valence electrons. The van der Waals surface area contributed by atoms with Crippen LogP contribution in [0.15, 0.2) is 35.1 Å². The molecule has 0 radical (unpaired) electrons. The molecule has 0 aliphatic carbocycles. The number of hydrogen-bond donors (Lipinski definition) is 0. The first kappa shape index (κ1) is 15.1. The van der Waals surface area contributed by atoms with Gasteiger partial charge in [0.1, 0.15) is 0 Å². The van der Waals surface area contributed by atoms with Gasteiger partial charge in [-0.05, 0) is 47.7 Å². The van der Waals surface area contributed by atoms with Crippen molar-refractivity contribution in [2.24, 2.45) is 0 Å². The highest BCUT2D eigenvalue weighted by Crippen LogP contribution is 2.40. The van der Waals surface area contributed by atoms with Crippen LogP contribution in [0.25, 0.3) is 22.0 Å². The topological polar surface area (TPSA) is 58.9 Å². The monoisotopic (exact) mass is 351 g/mol. The molecule has 2 aliphatic heterocycles. The van der Waals surface area contributed by atoms with Crippen LogP contribution in [0.5, 0.6) is 23.0 Å². The van der Waals surface area contributed by atoms with Crippen LogP contribution in [-0.4, -0.2) is 25.6 Å². The van der Waals surface area contributed by atoms with Crippen molar-refractivity contribution in [1.29, 1.82) is 0 Å². The maximum Gasteiger partial charge on any atom is 0.259 e. The molecule has 0 fully saturated rings. The average Bonchev–Trinajstić information content (AvgIpc) is 3.13. The van der Waals surface area contributed by atoms with Gasteiger partial charge in [-0.1, -0.05) is 0 Å². The standard InChI is InChI=1S/C20H17NO5/c1-23-16-6-11-3-4-21-15(13(11)8-17(16)24-2)5-12-7-18-19(26-10-25-18)9-14(12)20(21)22/h5-9H,3-4,10H2,1-2H3. The Labute approximate surface area is 149 Å². The predicted molar refractivity (Wildman–Crippen MR) is 96.6 cm³/mol. The Morgan fingerprint density at radius 1 is 0.962 bits per heavy atom. The van der Waals surface area contributed by atoms with E-state index in [4.69, 9.17) is 18.9 Å². The third kappa shape index (κ3) is 2.02. The number of benzene rings is 2. The van der Waals surface area contributed by atoms with E-state index >= 15 is 0 Å². The zero-order chi connectivity index (χ0) is 17.8. The second-order valence-corrected chi connectivity index (χ2v) is 6.39. The number of aryl methyl sites for hydroxylation is 1. The van der Waals surface area contributed by atoms with Gasteiger partial charge < -0.3 is 23.5 Å². The van der Waals surface area contributed by atoms with E-state index in [1.165, 1.54) is 0 Å². The zero-order valence-electron chi connectivity index (χ0n) is 14.5. The number of nitrogens with zero attached hydrogens (tertiary/aromatic N) is 1. The molecular formula is C20H17NO5. The maximum absolute atomic E-state index is 13.1. The van der Waals surface area contributed by atoms with E-state index in [1.807, 2.05) is 28.8 Å². The Kier molecular flexibility index (Phi) is 3.16. The molecule has 0 amide bonds. The molecule has 0 bridgehead atoms. The number of rotatable bonds is 2. The van der Waals surface area contributed by atoms with Crippen molar-refractivity contribution in [2.75, 3.05) is 21.0 Å². The van der Waals surface area contributed by atoms with Gasteiger partial charge in [-0.15, -0.1) is 0 Å². The number of hydrogen-bond acceptors (Lipinski definition) is 5. The third-order valence-corrected chi connectivity index (χ3v) is 5.09. The van der Waals surface area contributed by atoms with Gasteiger partial charge in [0.05, 0.1) is 25.3 Å². The number of aromatic nitrogens is 1. The van der Waals surface area contributed by atoms with Crippen molar-refractivity contribution < 1.29 is 18.9 Å². The van der Waals surface area contributed by atoms with Crippen LogP contribution < -0.4 is 24.5 Å². The number of pyridine rings is 1. The molecule has 26 heavy (non-hydrogen) atoms. The maximum atomic E-state index is 13.1. The predicted octanol–water partition coefficient (Wildman–Crippen LogP) is 2.97. The molecule has 0 atom stereocenters. The highest BCUT2D eigenvalue weighted by molar-refractivity contribution is 5.89. The molecule has 5 rings (SSSR count). The van der Waals surface area contributed by atoms with Gasteiger partial charge in [-0.25, -0.2) is 0 Å². The van der Waals surface area contributed by atoms with Crippen molar-refractivity contribution >= 4 is 10.8 Å². The van der Waals surface area contributed by atoms with Gasteiger partial charge in [0.15, 0.2) is 23.0 Å². The summed E-state index contributed by atoms with van der Waals surface area (Å²) in [6, 6.07) is 9.61. The van der Waals surface area contributed by atoms with Crippen LogP contribution in [0.1, 0.15) is 5.56 Å². The molecule has 0 N–H and O–H groups in total. The number of methoxy groups -OCH3 is 2. The summed E-state index contributed by atoms with van der Waals surface area (Å²) in [6.07, 6.45) is 0.763. The highest BCUT2D eigenvalue weighted by atomic mass is 16.7. The summed E-state index contributed by atoms with van der Waals surface area (Å²) >= 11 is 0. The van der Waals surface area contributed by atoms with E-state index in [0.717, 1.165) is 28.6 Å². The Morgan fingerprint density at radius 2 is 1.69 bits per heavy atom. The summed E-state index contributed by atoms with van der Waals surface area (Å²) in [7, 11) is 3.24. The van der Waals surface area contributed by atoms with E-state index in [1.54, 1.807) is 20.3 Å². The molecular weight excluding hydrogens is 334 g/mol. The Hall–Kier alpha value is -3.15. The minimum Gasteiger partial charge on any atom is -0.493 e. The second-order valence-electron chi connectivity index (χ2n) is 6.39. The number of fused-ring (bicyclic) bond motifs is 5. The lowest BCUT2D eigenvalue weighted by molar-refractivity contribution is 0.174. The van der Waals surface area contributed by atoms with E-state index < -0.39 is 0 Å². The molecule has 0 spiro atoms. The highest BCUT2D eigenvalue weighted by Gasteiger charge is 2.23. The summed E-state index contributed by atoms with van der Waals surface area (Å²) < 4.78 is 23.6. The van der Waals surface area contributed by atoms with Crippen LogP contribution in [0.2, 0.25) is 0 Å². The smallest absolute Gasteiger partial charge is 0.259 e. The first-order valence-corrected chi connectivity index (χ1v) is 8.42. The van der Waals surface area contributed by atoms with Crippen LogP contribution in [0, 0.1) is 0 Å². The summed E-state index contributed by atoms with van der Waals surface area (Å²) in [6.45, 7) is 0.813. The molecule has 0 saturated heterocycles. The first-order chi connectivity index (χ1) is 12.7. The van der Waals surface area contributed by atoms with E-state index in [-0.39, 0.29) is 12.4 Å². The van der Waals surface area contributed by atoms with E-state index in [9.17, 15) is 4.79 Å². The lowest BCUT2D eigenvalue weighted by atomic mass is 9.95. The van der Waals surface area contributed by atoms with Crippen LogP contribution in [0.3, 0.4) is 0 Å². The summed E-state index contributed by atoms with van der Waals surface area (Å²) in [5, 5.41) is 1.48. The van der Waals surface area contributed by atoms with Crippen LogP contribution >= 0.6 is 0 Å². The van der Waals surface area contributed by atoms with Crippen molar-refractivity contribution in [1.82, 2.24) is 4.57 Å². The minimum atomic E-state index is -0.0174. The molecule has 0 saturated carbocycles. The summed E-state index contributed by atoms with van der Waals surface area (Å²) in [5.41, 5.74) is 2.99. The van der Waals surface area contributed by atoms with Gasteiger partial charge in [0.2, 0.25) is 6.79 Å².